The minimum Gasteiger partial charge on any atom is -0.440 e. The smallest absolute Gasteiger partial charge is 0.236 e. The van der Waals surface area contributed by atoms with Crippen LogP contribution >= 0.6 is 23.1 Å². The predicted octanol–water partition coefficient (Wildman–Crippen LogP) is 6.20. The van der Waals surface area contributed by atoms with E-state index in [1.165, 1.54) is 24.1 Å². The van der Waals surface area contributed by atoms with Gasteiger partial charge in [-0.05, 0) is 36.8 Å². The van der Waals surface area contributed by atoms with Crippen molar-refractivity contribution in [2.45, 2.75) is 36.7 Å². The fourth-order valence-electron chi connectivity index (χ4n) is 3.16. The van der Waals surface area contributed by atoms with Gasteiger partial charge in [-0.2, -0.15) is 0 Å². The highest BCUT2D eigenvalue weighted by molar-refractivity contribution is 7.98. The number of rotatable bonds is 6. The molecule has 0 N–H and O–H groups in total. The summed E-state index contributed by atoms with van der Waals surface area (Å²) in [5.41, 5.74) is 3.42. The summed E-state index contributed by atoms with van der Waals surface area (Å²) in [6, 6.07) is 15.2. The van der Waals surface area contributed by atoms with Crippen LogP contribution in [0.2, 0.25) is 0 Å². The van der Waals surface area contributed by atoms with Gasteiger partial charge in [0.25, 0.3) is 0 Å². The molecule has 0 spiro atoms. The van der Waals surface area contributed by atoms with Crippen LogP contribution in [0.15, 0.2) is 63.6 Å². The predicted molar refractivity (Wildman–Crippen MR) is 110 cm³/mol. The molecular weight excluding hydrogens is 374 g/mol. The Morgan fingerprint density at radius 2 is 2.04 bits per heavy atom. The van der Waals surface area contributed by atoms with Gasteiger partial charge in [0, 0.05) is 11.8 Å². The van der Waals surface area contributed by atoms with Crippen molar-refractivity contribution in [3.05, 3.63) is 65.5 Å². The molecule has 0 atom stereocenters. The molecule has 1 saturated carbocycles. The van der Waals surface area contributed by atoms with E-state index >= 15 is 0 Å². The van der Waals surface area contributed by atoms with Crippen molar-refractivity contribution in [1.29, 1.82) is 0 Å². The van der Waals surface area contributed by atoms with Crippen molar-refractivity contribution in [3.63, 3.8) is 0 Å². The van der Waals surface area contributed by atoms with Gasteiger partial charge >= 0.3 is 0 Å². The first-order valence-electron chi connectivity index (χ1n) is 9.05. The van der Waals surface area contributed by atoms with Gasteiger partial charge in [-0.1, -0.05) is 48.2 Å². The maximum absolute atomic E-state index is 5.87. The third-order valence-corrected chi connectivity index (χ3v) is 6.54. The number of thioether (sulfide) groups is 1. The number of aromatic nitrogens is 3. The molecule has 5 rings (SSSR count). The van der Waals surface area contributed by atoms with Crippen molar-refractivity contribution in [1.82, 2.24) is 14.5 Å². The summed E-state index contributed by atoms with van der Waals surface area (Å²) in [5.74, 6) is 2.37. The fraction of sp³-hybridized carbons (Fsp3) is 0.238. The zero-order valence-electron chi connectivity index (χ0n) is 15.0. The molecule has 3 heterocycles. The van der Waals surface area contributed by atoms with Gasteiger partial charge in [0.15, 0.2) is 5.16 Å². The lowest BCUT2D eigenvalue weighted by atomic mass is 10.2. The number of nitrogens with zero attached hydrogens (tertiary/aromatic N) is 3. The van der Waals surface area contributed by atoms with Crippen LogP contribution < -0.4 is 0 Å². The SMILES string of the molecule is Cc1oc(-c2cccs2)nc1CSc1ncc(-c2ccccc2)n1C1CC1. The Bertz CT molecular complexity index is 1050. The van der Waals surface area contributed by atoms with Gasteiger partial charge in [-0.3, -0.25) is 0 Å². The van der Waals surface area contributed by atoms with Crippen LogP contribution in [0, 0.1) is 6.92 Å². The van der Waals surface area contributed by atoms with E-state index in [1.54, 1.807) is 23.1 Å². The van der Waals surface area contributed by atoms with Gasteiger partial charge in [0.1, 0.15) is 5.76 Å². The highest BCUT2D eigenvalue weighted by atomic mass is 32.2. The number of imidazole rings is 1. The topological polar surface area (TPSA) is 43.9 Å². The van der Waals surface area contributed by atoms with Crippen molar-refractivity contribution < 1.29 is 4.42 Å². The molecule has 1 aliphatic rings. The lowest BCUT2D eigenvalue weighted by Gasteiger charge is -2.10. The van der Waals surface area contributed by atoms with Crippen LogP contribution in [0.5, 0.6) is 0 Å². The Morgan fingerprint density at radius 1 is 1.19 bits per heavy atom. The quantitative estimate of drug-likeness (QED) is 0.366. The van der Waals surface area contributed by atoms with Gasteiger partial charge in [-0.15, -0.1) is 11.3 Å². The molecule has 1 aromatic carbocycles. The number of oxazole rings is 1. The van der Waals surface area contributed by atoms with Crippen LogP contribution in [-0.2, 0) is 5.75 Å². The summed E-state index contributed by atoms with van der Waals surface area (Å²) < 4.78 is 8.27. The highest BCUT2D eigenvalue weighted by Crippen LogP contribution is 2.42. The zero-order chi connectivity index (χ0) is 18.2. The maximum Gasteiger partial charge on any atom is 0.236 e. The van der Waals surface area contributed by atoms with Crippen LogP contribution in [0.4, 0.5) is 0 Å². The molecule has 0 saturated heterocycles. The van der Waals surface area contributed by atoms with E-state index in [9.17, 15) is 0 Å². The van der Waals surface area contributed by atoms with Gasteiger partial charge in [-0.25, -0.2) is 9.97 Å². The first-order valence-corrected chi connectivity index (χ1v) is 10.9. The Kier molecular flexibility index (Phi) is 4.38. The molecule has 0 amide bonds. The van der Waals surface area contributed by atoms with Crippen LogP contribution in [0.25, 0.3) is 22.0 Å². The maximum atomic E-state index is 5.87. The second-order valence-electron chi connectivity index (χ2n) is 6.68. The van der Waals surface area contributed by atoms with E-state index in [0.29, 0.717) is 11.9 Å². The van der Waals surface area contributed by atoms with Crippen molar-refractivity contribution in [2.24, 2.45) is 0 Å². The lowest BCUT2D eigenvalue weighted by Crippen LogP contribution is -1.99. The summed E-state index contributed by atoms with van der Waals surface area (Å²) in [4.78, 5) is 10.5. The Morgan fingerprint density at radius 3 is 2.78 bits per heavy atom. The Hall–Kier alpha value is -2.31. The first kappa shape index (κ1) is 16.8. The normalized spacial score (nSPS) is 14.0. The second kappa shape index (κ2) is 7.02. The fourth-order valence-corrected chi connectivity index (χ4v) is 4.86. The minimum atomic E-state index is 0.574. The number of benzene rings is 1. The Labute approximate surface area is 166 Å². The molecule has 0 radical (unpaired) electrons. The van der Waals surface area contributed by atoms with Crippen molar-refractivity contribution in [3.8, 4) is 22.0 Å². The standard InChI is InChI=1S/C21H19N3OS2/c1-14-17(23-20(25-14)19-8-5-11-26-19)13-27-21-22-12-18(24(21)16-9-10-16)15-6-3-2-4-7-15/h2-8,11-12,16H,9-10,13H2,1H3. The van der Waals surface area contributed by atoms with Gasteiger partial charge in [0.2, 0.25) is 5.89 Å². The third kappa shape index (κ3) is 3.35. The molecule has 136 valence electrons. The van der Waals surface area contributed by atoms with E-state index < -0.39 is 0 Å². The molecule has 0 unspecified atom stereocenters. The van der Waals surface area contributed by atoms with Gasteiger partial charge < -0.3 is 8.98 Å². The molecule has 6 heteroatoms. The monoisotopic (exact) mass is 393 g/mol. The largest absolute Gasteiger partial charge is 0.440 e. The molecular formula is C21H19N3OS2. The number of aryl methyl sites for hydroxylation is 1. The van der Waals surface area contributed by atoms with E-state index in [-0.39, 0.29) is 0 Å². The van der Waals surface area contributed by atoms with E-state index in [1.807, 2.05) is 30.6 Å². The Balaban J connectivity index is 1.40. The molecule has 1 fully saturated rings. The number of hydrogen-bond donors (Lipinski definition) is 0. The highest BCUT2D eigenvalue weighted by Gasteiger charge is 2.29. The van der Waals surface area contributed by atoms with Crippen LogP contribution in [-0.4, -0.2) is 14.5 Å². The summed E-state index contributed by atoms with van der Waals surface area (Å²) in [5, 5.41) is 3.11. The molecule has 4 aromatic rings. The zero-order valence-corrected chi connectivity index (χ0v) is 16.6. The summed E-state index contributed by atoms with van der Waals surface area (Å²) in [6.45, 7) is 1.99. The summed E-state index contributed by atoms with van der Waals surface area (Å²) in [7, 11) is 0. The summed E-state index contributed by atoms with van der Waals surface area (Å²) >= 11 is 3.39. The molecule has 0 aliphatic heterocycles. The molecule has 3 aromatic heterocycles. The van der Waals surface area contributed by atoms with Gasteiger partial charge in [0.05, 0.1) is 22.5 Å². The molecule has 4 nitrogen and oxygen atoms in total. The summed E-state index contributed by atoms with van der Waals surface area (Å²) in [6.07, 6.45) is 4.47. The third-order valence-electron chi connectivity index (χ3n) is 4.71. The van der Waals surface area contributed by atoms with E-state index in [0.717, 1.165) is 27.2 Å². The lowest BCUT2D eigenvalue weighted by molar-refractivity contribution is 0.542. The van der Waals surface area contributed by atoms with E-state index in [4.69, 9.17) is 14.4 Å². The van der Waals surface area contributed by atoms with Crippen molar-refractivity contribution >= 4 is 23.1 Å². The average molecular weight is 394 g/mol. The number of hydrogen-bond acceptors (Lipinski definition) is 5. The number of thiophene rings is 1. The van der Waals surface area contributed by atoms with Crippen LogP contribution in [0.3, 0.4) is 0 Å². The minimum absolute atomic E-state index is 0.574. The first-order chi connectivity index (χ1) is 13.3. The van der Waals surface area contributed by atoms with Crippen LogP contribution in [0.1, 0.15) is 30.3 Å². The molecule has 1 aliphatic carbocycles. The molecule has 27 heavy (non-hydrogen) atoms. The average Bonchev–Trinajstić information content (AvgIpc) is 3.10. The second-order valence-corrected chi connectivity index (χ2v) is 8.57. The van der Waals surface area contributed by atoms with Crippen molar-refractivity contribution in [2.75, 3.05) is 0 Å². The van der Waals surface area contributed by atoms with E-state index in [2.05, 4.69) is 34.9 Å². The molecule has 0 bridgehead atoms.